The van der Waals surface area contributed by atoms with Gasteiger partial charge in [-0.25, -0.2) is 0 Å². The number of H-pyrrole nitrogens is 1. The van der Waals surface area contributed by atoms with Crippen molar-refractivity contribution >= 4 is 11.6 Å². The molecule has 0 aliphatic heterocycles. The molecule has 0 bridgehead atoms. The first kappa shape index (κ1) is 12.1. The van der Waals surface area contributed by atoms with E-state index in [0.717, 1.165) is 17.1 Å². The van der Waals surface area contributed by atoms with Gasteiger partial charge in [0.05, 0.1) is 0 Å². The lowest BCUT2D eigenvalue weighted by Crippen LogP contribution is -2.34. The largest absolute Gasteiger partial charge is 0.330 e. The lowest BCUT2D eigenvalue weighted by atomic mass is 9.81. The molecule has 0 fully saturated rings. The number of benzene rings is 1. The predicted octanol–water partition coefficient (Wildman–Crippen LogP) is 2.52. The summed E-state index contributed by atoms with van der Waals surface area (Å²) in [4.78, 5) is 0. The molecule has 0 spiro atoms. The summed E-state index contributed by atoms with van der Waals surface area (Å²) in [6.07, 6.45) is 2.62. The minimum Gasteiger partial charge on any atom is -0.330 e. The minimum absolute atomic E-state index is 0.121. The van der Waals surface area contributed by atoms with E-state index in [1.165, 1.54) is 5.56 Å². The Labute approximate surface area is 106 Å². The van der Waals surface area contributed by atoms with Crippen molar-refractivity contribution in [2.75, 3.05) is 6.54 Å². The van der Waals surface area contributed by atoms with E-state index >= 15 is 0 Å². The van der Waals surface area contributed by atoms with Gasteiger partial charge < -0.3 is 5.73 Å². The van der Waals surface area contributed by atoms with Gasteiger partial charge in [-0.2, -0.15) is 5.10 Å². The lowest BCUT2D eigenvalue weighted by molar-refractivity contribution is 0.465. The van der Waals surface area contributed by atoms with E-state index in [4.69, 9.17) is 17.3 Å². The van der Waals surface area contributed by atoms with Crippen LogP contribution in [-0.4, -0.2) is 16.7 Å². The van der Waals surface area contributed by atoms with Crippen LogP contribution in [0, 0.1) is 0 Å². The van der Waals surface area contributed by atoms with Crippen LogP contribution in [0.3, 0.4) is 0 Å². The van der Waals surface area contributed by atoms with Crippen LogP contribution < -0.4 is 5.73 Å². The van der Waals surface area contributed by atoms with E-state index in [9.17, 15) is 0 Å². The Kier molecular flexibility index (Phi) is 3.50. The average molecular weight is 250 g/mol. The van der Waals surface area contributed by atoms with E-state index in [2.05, 4.69) is 17.1 Å². The predicted molar refractivity (Wildman–Crippen MR) is 70.2 cm³/mol. The SMILES string of the molecule is CC(CN)(Cc1ccc(Cl)cc1)c1ccn[nH]1. The Morgan fingerprint density at radius 2 is 2.00 bits per heavy atom. The molecule has 2 rings (SSSR count). The molecule has 0 aliphatic carbocycles. The van der Waals surface area contributed by atoms with Crippen LogP contribution in [-0.2, 0) is 11.8 Å². The number of aromatic amines is 1. The van der Waals surface area contributed by atoms with Crippen molar-refractivity contribution in [3.8, 4) is 0 Å². The second-order valence-corrected chi connectivity index (χ2v) is 4.97. The molecule has 0 saturated heterocycles. The normalized spacial score (nSPS) is 14.5. The fourth-order valence-electron chi connectivity index (χ4n) is 1.92. The topological polar surface area (TPSA) is 54.7 Å². The summed E-state index contributed by atoms with van der Waals surface area (Å²) in [5.41, 5.74) is 8.07. The molecule has 17 heavy (non-hydrogen) atoms. The Morgan fingerprint density at radius 1 is 1.29 bits per heavy atom. The van der Waals surface area contributed by atoms with Gasteiger partial charge in [-0.05, 0) is 30.2 Å². The van der Waals surface area contributed by atoms with Crippen LogP contribution in [0.1, 0.15) is 18.2 Å². The van der Waals surface area contributed by atoms with Gasteiger partial charge in [0, 0.05) is 28.9 Å². The second-order valence-electron chi connectivity index (χ2n) is 4.54. The molecule has 1 aromatic heterocycles. The molecular formula is C13H16ClN3. The molecule has 4 heteroatoms. The van der Waals surface area contributed by atoms with E-state index in [1.807, 2.05) is 30.3 Å². The monoisotopic (exact) mass is 249 g/mol. The highest BCUT2D eigenvalue weighted by molar-refractivity contribution is 6.30. The highest BCUT2D eigenvalue weighted by atomic mass is 35.5. The molecule has 3 nitrogen and oxygen atoms in total. The van der Waals surface area contributed by atoms with E-state index < -0.39 is 0 Å². The number of halogens is 1. The first-order valence-electron chi connectivity index (χ1n) is 5.58. The van der Waals surface area contributed by atoms with Gasteiger partial charge in [0.1, 0.15) is 0 Å². The molecule has 1 aromatic carbocycles. The van der Waals surface area contributed by atoms with Crippen molar-refractivity contribution < 1.29 is 0 Å². The third kappa shape index (κ3) is 2.68. The number of nitrogens with zero attached hydrogens (tertiary/aromatic N) is 1. The van der Waals surface area contributed by atoms with Crippen LogP contribution >= 0.6 is 11.6 Å². The Balaban J connectivity index is 2.23. The number of nitrogens with one attached hydrogen (secondary N) is 1. The quantitative estimate of drug-likeness (QED) is 0.875. The summed E-state index contributed by atoms with van der Waals surface area (Å²) in [5.74, 6) is 0. The molecule has 2 aromatic rings. The van der Waals surface area contributed by atoms with Gasteiger partial charge in [-0.1, -0.05) is 30.7 Å². The van der Waals surface area contributed by atoms with Gasteiger partial charge in [0.25, 0.3) is 0 Å². The van der Waals surface area contributed by atoms with Gasteiger partial charge in [0.2, 0.25) is 0 Å². The van der Waals surface area contributed by atoms with Gasteiger partial charge in [-0.3, -0.25) is 5.10 Å². The van der Waals surface area contributed by atoms with Crippen LogP contribution in [0.5, 0.6) is 0 Å². The number of aromatic nitrogens is 2. The summed E-state index contributed by atoms with van der Waals surface area (Å²) in [6, 6.07) is 9.85. The lowest BCUT2D eigenvalue weighted by Gasteiger charge is -2.26. The van der Waals surface area contributed by atoms with Gasteiger partial charge in [0.15, 0.2) is 0 Å². The van der Waals surface area contributed by atoms with Crippen LogP contribution in [0.25, 0.3) is 0 Å². The zero-order valence-electron chi connectivity index (χ0n) is 9.78. The third-order valence-corrected chi connectivity index (χ3v) is 3.36. The van der Waals surface area contributed by atoms with Crippen LogP contribution in [0.4, 0.5) is 0 Å². The molecule has 0 amide bonds. The number of nitrogens with two attached hydrogens (primary N) is 1. The molecule has 0 aliphatic rings. The summed E-state index contributed by atoms with van der Waals surface area (Å²) in [5, 5.41) is 7.75. The third-order valence-electron chi connectivity index (χ3n) is 3.11. The van der Waals surface area contributed by atoms with E-state index in [0.29, 0.717) is 6.54 Å². The first-order valence-corrected chi connectivity index (χ1v) is 5.96. The van der Waals surface area contributed by atoms with Crippen molar-refractivity contribution in [2.45, 2.75) is 18.8 Å². The molecular weight excluding hydrogens is 234 g/mol. The highest BCUT2D eigenvalue weighted by Crippen LogP contribution is 2.26. The zero-order chi connectivity index (χ0) is 12.3. The molecule has 3 N–H and O–H groups in total. The minimum atomic E-state index is -0.121. The summed E-state index contributed by atoms with van der Waals surface area (Å²) >= 11 is 5.88. The smallest absolute Gasteiger partial charge is 0.0490 e. The molecule has 1 atom stereocenters. The van der Waals surface area contributed by atoms with E-state index in [1.54, 1.807) is 6.20 Å². The van der Waals surface area contributed by atoms with Gasteiger partial charge >= 0.3 is 0 Å². The summed E-state index contributed by atoms with van der Waals surface area (Å²) < 4.78 is 0. The maximum atomic E-state index is 5.90. The fourth-order valence-corrected chi connectivity index (χ4v) is 2.05. The Morgan fingerprint density at radius 3 is 2.53 bits per heavy atom. The highest BCUT2D eigenvalue weighted by Gasteiger charge is 2.26. The fraction of sp³-hybridized carbons (Fsp3) is 0.308. The zero-order valence-corrected chi connectivity index (χ0v) is 10.5. The summed E-state index contributed by atoms with van der Waals surface area (Å²) in [6.45, 7) is 2.70. The van der Waals surface area contributed by atoms with E-state index in [-0.39, 0.29) is 5.41 Å². The van der Waals surface area contributed by atoms with Crippen molar-refractivity contribution in [1.82, 2.24) is 10.2 Å². The number of rotatable bonds is 4. The second kappa shape index (κ2) is 4.90. The molecule has 90 valence electrons. The Bertz CT molecular complexity index is 464. The molecule has 1 unspecified atom stereocenters. The van der Waals surface area contributed by atoms with Crippen molar-refractivity contribution in [2.24, 2.45) is 5.73 Å². The standard InChI is InChI=1S/C13H16ClN3/c1-13(9-15,12-6-7-16-17-12)8-10-2-4-11(14)5-3-10/h2-7H,8-9,15H2,1H3,(H,16,17). The Hall–Kier alpha value is -1.32. The van der Waals surface area contributed by atoms with Crippen molar-refractivity contribution in [1.29, 1.82) is 0 Å². The van der Waals surface area contributed by atoms with Crippen LogP contribution in [0.15, 0.2) is 36.5 Å². The maximum absolute atomic E-state index is 5.90. The van der Waals surface area contributed by atoms with Gasteiger partial charge in [-0.15, -0.1) is 0 Å². The number of hydrogen-bond acceptors (Lipinski definition) is 2. The molecule has 1 heterocycles. The van der Waals surface area contributed by atoms with Crippen LogP contribution in [0.2, 0.25) is 5.02 Å². The number of hydrogen-bond donors (Lipinski definition) is 2. The molecule has 0 radical (unpaired) electrons. The molecule has 0 saturated carbocycles. The first-order chi connectivity index (χ1) is 8.14. The maximum Gasteiger partial charge on any atom is 0.0490 e. The average Bonchev–Trinajstić information content (AvgIpc) is 2.86. The van der Waals surface area contributed by atoms with Crippen molar-refractivity contribution in [3.63, 3.8) is 0 Å². The van der Waals surface area contributed by atoms with Crippen molar-refractivity contribution in [3.05, 3.63) is 52.8 Å². The summed E-state index contributed by atoms with van der Waals surface area (Å²) in [7, 11) is 0.